The van der Waals surface area contributed by atoms with Gasteiger partial charge in [0.15, 0.2) is 0 Å². The van der Waals surface area contributed by atoms with Gasteiger partial charge in [-0.25, -0.2) is 4.79 Å². The van der Waals surface area contributed by atoms with E-state index in [2.05, 4.69) is 10.6 Å². The number of hydrogen-bond donors (Lipinski definition) is 2. The number of rotatable bonds is 2. The van der Waals surface area contributed by atoms with Crippen LogP contribution in [0.2, 0.25) is 0 Å². The van der Waals surface area contributed by atoms with Gasteiger partial charge in [-0.3, -0.25) is 4.79 Å². The summed E-state index contributed by atoms with van der Waals surface area (Å²) < 4.78 is 5.21. The molecule has 0 aromatic heterocycles. The molecule has 2 unspecified atom stereocenters. The van der Waals surface area contributed by atoms with E-state index in [1.165, 1.54) is 0 Å². The van der Waals surface area contributed by atoms with E-state index in [-0.39, 0.29) is 24.0 Å². The second-order valence-corrected chi connectivity index (χ2v) is 4.42. The van der Waals surface area contributed by atoms with Crippen molar-refractivity contribution < 1.29 is 14.3 Å². The molecule has 17 heavy (non-hydrogen) atoms. The summed E-state index contributed by atoms with van der Waals surface area (Å²) in [6, 6.07) is -0.404. The highest BCUT2D eigenvalue weighted by atomic mass is 16.5. The minimum Gasteiger partial charge on any atom is -0.379 e. The molecule has 2 atom stereocenters. The van der Waals surface area contributed by atoms with Crippen molar-refractivity contribution in [1.29, 1.82) is 0 Å². The molecule has 6 nitrogen and oxygen atoms in total. The lowest BCUT2D eigenvalue weighted by atomic mass is 10.1. The summed E-state index contributed by atoms with van der Waals surface area (Å²) in [5, 5.41) is 5.69. The van der Waals surface area contributed by atoms with E-state index >= 15 is 0 Å². The van der Waals surface area contributed by atoms with Crippen LogP contribution >= 0.6 is 0 Å². The van der Waals surface area contributed by atoms with E-state index in [0.717, 1.165) is 6.42 Å². The minimum atomic E-state index is -0.342. The van der Waals surface area contributed by atoms with Gasteiger partial charge in [0.1, 0.15) is 6.04 Å². The van der Waals surface area contributed by atoms with Crippen molar-refractivity contribution in [2.24, 2.45) is 0 Å². The number of ether oxygens (including phenoxy) is 1. The average Bonchev–Trinajstić information content (AvgIpc) is 2.81. The van der Waals surface area contributed by atoms with Gasteiger partial charge >= 0.3 is 6.03 Å². The van der Waals surface area contributed by atoms with Gasteiger partial charge in [0.2, 0.25) is 5.91 Å². The number of nitrogens with zero attached hydrogens (tertiary/aromatic N) is 1. The smallest absolute Gasteiger partial charge is 0.318 e. The Labute approximate surface area is 101 Å². The monoisotopic (exact) mass is 241 g/mol. The predicted molar refractivity (Wildman–Crippen MR) is 61.6 cm³/mol. The first-order valence-corrected chi connectivity index (χ1v) is 6.15. The topological polar surface area (TPSA) is 70.7 Å². The lowest BCUT2D eigenvalue weighted by molar-refractivity contribution is -0.127. The summed E-state index contributed by atoms with van der Waals surface area (Å²) in [4.78, 5) is 25.3. The third-order valence-electron chi connectivity index (χ3n) is 3.24. The molecule has 2 N–H and O–H groups in total. The highest BCUT2D eigenvalue weighted by molar-refractivity contribution is 5.88. The van der Waals surface area contributed by atoms with Crippen molar-refractivity contribution in [3.63, 3.8) is 0 Å². The molecular formula is C11H19N3O3. The van der Waals surface area contributed by atoms with Crippen LogP contribution in [0.4, 0.5) is 4.79 Å². The molecule has 0 bridgehead atoms. The van der Waals surface area contributed by atoms with Crippen LogP contribution in [0.25, 0.3) is 0 Å². The molecule has 2 aliphatic rings. The Morgan fingerprint density at radius 1 is 1.65 bits per heavy atom. The normalized spacial score (nSPS) is 29.0. The van der Waals surface area contributed by atoms with Crippen molar-refractivity contribution in [2.45, 2.75) is 31.8 Å². The van der Waals surface area contributed by atoms with Crippen LogP contribution < -0.4 is 10.6 Å². The van der Waals surface area contributed by atoms with E-state index in [0.29, 0.717) is 32.7 Å². The second-order valence-electron chi connectivity index (χ2n) is 4.42. The summed E-state index contributed by atoms with van der Waals surface area (Å²) >= 11 is 0. The van der Waals surface area contributed by atoms with Crippen molar-refractivity contribution in [3.8, 4) is 0 Å². The summed E-state index contributed by atoms with van der Waals surface area (Å²) in [5.74, 6) is -0.0587. The molecule has 2 aliphatic heterocycles. The van der Waals surface area contributed by atoms with Crippen LogP contribution in [0.3, 0.4) is 0 Å². The molecule has 3 amide bonds. The molecular weight excluding hydrogens is 222 g/mol. The van der Waals surface area contributed by atoms with E-state index in [4.69, 9.17) is 4.74 Å². The first-order chi connectivity index (χ1) is 8.22. The molecule has 0 aromatic rings. The lowest BCUT2D eigenvalue weighted by Crippen LogP contribution is -2.60. The average molecular weight is 241 g/mol. The van der Waals surface area contributed by atoms with Crippen molar-refractivity contribution in [1.82, 2.24) is 15.5 Å². The van der Waals surface area contributed by atoms with E-state index in [1.54, 1.807) is 4.90 Å². The van der Waals surface area contributed by atoms with E-state index < -0.39 is 0 Å². The summed E-state index contributed by atoms with van der Waals surface area (Å²) in [6.45, 7) is 4.29. The molecule has 96 valence electrons. The second kappa shape index (κ2) is 5.35. The molecule has 6 heteroatoms. The quantitative estimate of drug-likeness (QED) is 0.697. The van der Waals surface area contributed by atoms with Gasteiger partial charge in [0.05, 0.1) is 12.6 Å². The maximum absolute atomic E-state index is 12.0. The Morgan fingerprint density at radius 3 is 3.12 bits per heavy atom. The fraction of sp³-hybridized carbons (Fsp3) is 0.818. The first-order valence-electron chi connectivity index (χ1n) is 6.15. The molecule has 2 saturated heterocycles. The zero-order valence-corrected chi connectivity index (χ0v) is 10.1. The van der Waals surface area contributed by atoms with Gasteiger partial charge in [0.25, 0.3) is 0 Å². The Bertz CT molecular complexity index is 302. The van der Waals surface area contributed by atoms with E-state index in [1.807, 2.05) is 6.92 Å². The number of piperazine rings is 1. The Morgan fingerprint density at radius 2 is 2.47 bits per heavy atom. The number of carbonyl (C=O) groups excluding carboxylic acids is 2. The Balaban J connectivity index is 1.94. The number of urea groups is 1. The Kier molecular flexibility index (Phi) is 3.83. The third kappa shape index (κ3) is 2.69. The van der Waals surface area contributed by atoms with Crippen molar-refractivity contribution >= 4 is 11.9 Å². The summed E-state index contributed by atoms with van der Waals surface area (Å²) in [7, 11) is 0. The fourth-order valence-electron chi connectivity index (χ4n) is 2.27. The number of nitrogens with one attached hydrogen (secondary N) is 2. The minimum absolute atomic E-state index is 0.0587. The standard InChI is InChI=1S/C11H19N3O3/c1-2-9-10(15)12-4-5-14(9)11(16)13-8-3-6-17-7-8/h8-9H,2-7H2,1H3,(H,12,15)(H,13,16). The van der Waals surface area contributed by atoms with Crippen LogP contribution in [0.1, 0.15) is 19.8 Å². The van der Waals surface area contributed by atoms with Crippen LogP contribution in [0.15, 0.2) is 0 Å². The highest BCUT2D eigenvalue weighted by Gasteiger charge is 2.32. The van der Waals surface area contributed by atoms with Crippen molar-refractivity contribution in [2.75, 3.05) is 26.3 Å². The summed E-state index contributed by atoms with van der Waals surface area (Å²) in [5.41, 5.74) is 0. The molecule has 2 fully saturated rings. The maximum atomic E-state index is 12.0. The number of carbonyl (C=O) groups is 2. The maximum Gasteiger partial charge on any atom is 0.318 e. The molecule has 0 aromatic carbocycles. The molecule has 0 spiro atoms. The largest absolute Gasteiger partial charge is 0.379 e. The molecule has 0 saturated carbocycles. The number of amides is 3. The molecule has 2 rings (SSSR count). The van der Waals surface area contributed by atoms with Crippen LogP contribution in [0, 0.1) is 0 Å². The lowest BCUT2D eigenvalue weighted by Gasteiger charge is -2.35. The van der Waals surface area contributed by atoms with Gasteiger partial charge in [-0.2, -0.15) is 0 Å². The van der Waals surface area contributed by atoms with Crippen molar-refractivity contribution in [3.05, 3.63) is 0 Å². The van der Waals surface area contributed by atoms with Gasteiger partial charge in [-0.15, -0.1) is 0 Å². The number of hydrogen-bond acceptors (Lipinski definition) is 3. The van der Waals surface area contributed by atoms with Gasteiger partial charge in [0, 0.05) is 19.7 Å². The van der Waals surface area contributed by atoms with Gasteiger partial charge < -0.3 is 20.3 Å². The Hall–Kier alpha value is -1.30. The van der Waals surface area contributed by atoms with Gasteiger partial charge in [-0.1, -0.05) is 6.92 Å². The van der Waals surface area contributed by atoms with E-state index in [9.17, 15) is 9.59 Å². The highest BCUT2D eigenvalue weighted by Crippen LogP contribution is 2.10. The van der Waals surface area contributed by atoms with Gasteiger partial charge in [-0.05, 0) is 12.8 Å². The zero-order chi connectivity index (χ0) is 12.3. The third-order valence-corrected chi connectivity index (χ3v) is 3.24. The first kappa shape index (κ1) is 12.2. The molecule has 2 heterocycles. The molecule has 0 radical (unpaired) electrons. The zero-order valence-electron chi connectivity index (χ0n) is 10.1. The van der Waals surface area contributed by atoms with Crippen LogP contribution in [-0.4, -0.2) is 55.2 Å². The molecule has 0 aliphatic carbocycles. The SMILES string of the molecule is CCC1C(=O)NCCN1C(=O)NC1CCOC1. The predicted octanol–water partition coefficient (Wildman–Crippen LogP) is -0.305. The fourth-order valence-corrected chi connectivity index (χ4v) is 2.27. The van der Waals surface area contributed by atoms with Crippen LogP contribution in [-0.2, 0) is 9.53 Å². The van der Waals surface area contributed by atoms with Crippen LogP contribution in [0.5, 0.6) is 0 Å². The summed E-state index contributed by atoms with van der Waals surface area (Å²) in [6.07, 6.45) is 1.49.